The number of carbonyl (C=O) groups is 1. The number of hydrogen-bond acceptors (Lipinski definition) is 5. The molecule has 1 fully saturated rings. The Bertz CT molecular complexity index is 735. The number of para-hydroxylation sites is 1. The highest BCUT2D eigenvalue weighted by Gasteiger charge is 2.26. The van der Waals surface area contributed by atoms with Crippen molar-refractivity contribution in [2.45, 2.75) is 25.7 Å². The summed E-state index contributed by atoms with van der Waals surface area (Å²) in [5.74, 6) is 0.475. The van der Waals surface area contributed by atoms with E-state index in [0.29, 0.717) is 29.5 Å². The third-order valence-electron chi connectivity index (χ3n) is 3.55. The van der Waals surface area contributed by atoms with Gasteiger partial charge in [0.25, 0.3) is 5.91 Å². The normalized spacial score (nSPS) is 14.1. The van der Waals surface area contributed by atoms with E-state index in [2.05, 4.69) is 20.7 Å². The second kappa shape index (κ2) is 6.51. The number of nitrogens with one attached hydrogen (secondary N) is 2. The van der Waals surface area contributed by atoms with Crippen molar-refractivity contribution in [1.29, 1.82) is 0 Å². The van der Waals surface area contributed by atoms with Gasteiger partial charge in [-0.1, -0.05) is 6.07 Å². The number of hydrogen-bond donors (Lipinski definition) is 3. The van der Waals surface area contributed by atoms with Gasteiger partial charge >= 0.3 is 0 Å². The van der Waals surface area contributed by atoms with Crippen LogP contribution in [0.25, 0.3) is 0 Å². The van der Waals surface area contributed by atoms with Crippen molar-refractivity contribution in [1.82, 2.24) is 15.6 Å². The van der Waals surface area contributed by atoms with E-state index in [1.165, 1.54) is 6.21 Å². The molecule has 0 atom stereocenters. The van der Waals surface area contributed by atoms with Gasteiger partial charge in [-0.15, -0.1) is 0 Å². The highest BCUT2D eigenvalue weighted by Crippen LogP contribution is 2.38. The van der Waals surface area contributed by atoms with Crippen molar-refractivity contribution in [2.75, 3.05) is 6.61 Å². The average molecular weight is 314 g/mol. The van der Waals surface area contributed by atoms with Crippen LogP contribution in [0.2, 0.25) is 0 Å². The summed E-state index contributed by atoms with van der Waals surface area (Å²) in [6.45, 7) is 2.29. The Balaban J connectivity index is 1.63. The predicted octanol–water partition coefficient (Wildman–Crippen LogP) is 2.16. The Morgan fingerprint density at radius 1 is 1.57 bits per heavy atom. The molecule has 3 N–H and O–H groups in total. The average Bonchev–Trinajstić information content (AvgIpc) is 3.28. The maximum Gasteiger partial charge on any atom is 0.291 e. The number of aromatic hydroxyl groups is 1. The van der Waals surface area contributed by atoms with E-state index in [-0.39, 0.29) is 5.75 Å². The Labute approximate surface area is 133 Å². The minimum absolute atomic E-state index is 0.0110. The molecule has 1 aromatic carbocycles. The molecule has 0 radical (unpaired) electrons. The van der Waals surface area contributed by atoms with Crippen molar-refractivity contribution in [3.05, 3.63) is 41.2 Å². The molecule has 23 heavy (non-hydrogen) atoms. The van der Waals surface area contributed by atoms with Gasteiger partial charge in [0.2, 0.25) is 0 Å². The molecule has 2 aromatic rings. The summed E-state index contributed by atoms with van der Waals surface area (Å²) in [6.07, 6.45) is 3.64. The molecule has 0 spiro atoms. The smallest absolute Gasteiger partial charge is 0.291 e. The number of benzene rings is 1. The number of phenols is 1. The number of carbonyl (C=O) groups excluding carboxylic acids is 1. The number of aromatic amines is 1. The molecule has 0 saturated heterocycles. The van der Waals surface area contributed by atoms with Gasteiger partial charge in [0.05, 0.1) is 12.8 Å². The fourth-order valence-corrected chi connectivity index (χ4v) is 2.19. The van der Waals surface area contributed by atoms with E-state index < -0.39 is 5.91 Å². The summed E-state index contributed by atoms with van der Waals surface area (Å²) in [4.78, 5) is 12.0. The molecule has 0 unspecified atom stereocenters. The largest absolute Gasteiger partial charge is 0.504 e. The molecular formula is C16H18N4O3. The first-order valence-electron chi connectivity index (χ1n) is 7.52. The molecule has 0 bridgehead atoms. The lowest BCUT2D eigenvalue weighted by molar-refractivity contribution is 0.0950. The first kappa shape index (κ1) is 15.1. The third kappa shape index (κ3) is 3.50. The van der Waals surface area contributed by atoms with Crippen LogP contribution in [0, 0.1) is 0 Å². The molecule has 7 heteroatoms. The van der Waals surface area contributed by atoms with E-state index in [1.807, 2.05) is 6.92 Å². The molecule has 1 aliphatic carbocycles. The number of hydrazone groups is 1. The SMILES string of the molecule is CCOc1cccc(/C=N/NC(=O)c2cc(C3CC3)[nH]n2)c1O. The molecular weight excluding hydrogens is 296 g/mol. The molecule has 1 saturated carbocycles. The zero-order valence-electron chi connectivity index (χ0n) is 12.7. The van der Waals surface area contributed by atoms with Gasteiger partial charge in [0, 0.05) is 17.2 Å². The molecule has 3 rings (SSSR count). The molecule has 0 aliphatic heterocycles. The van der Waals surface area contributed by atoms with E-state index in [1.54, 1.807) is 24.3 Å². The van der Waals surface area contributed by atoms with Crippen molar-refractivity contribution in [3.63, 3.8) is 0 Å². The van der Waals surface area contributed by atoms with Gasteiger partial charge in [-0.2, -0.15) is 10.2 Å². The van der Waals surface area contributed by atoms with Crippen LogP contribution in [0.3, 0.4) is 0 Å². The molecule has 1 amide bonds. The van der Waals surface area contributed by atoms with Gasteiger partial charge in [-0.3, -0.25) is 9.89 Å². The first-order valence-corrected chi connectivity index (χ1v) is 7.52. The summed E-state index contributed by atoms with van der Waals surface area (Å²) in [7, 11) is 0. The van der Waals surface area contributed by atoms with E-state index in [4.69, 9.17) is 4.74 Å². The lowest BCUT2D eigenvalue weighted by atomic mass is 10.2. The fourth-order valence-electron chi connectivity index (χ4n) is 2.19. The molecule has 1 aromatic heterocycles. The second-order valence-electron chi connectivity index (χ2n) is 5.31. The fraction of sp³-hybridized carbons (Fsp3) is 0.312. The van der Waals surface area contributed by atoms with Crippen LogP contribution in [-0.2, 0) is 0 Å². The van der Waals surface area contributed by atoms with Gasteiger partial charge in [0.1, 0.15) is 0 Å². The van der Waals surface area contributed by atoms with Gasteiger partial charge < -0.3 is 9.84 Å². The Hall–Kier alpha value is -2.83. The number of ether oxygens (including phenoxy) is 1. The maximum atomic E-state index is 12.0. The highest BCUT2D eigenvalue weighted by molar-refractivity contribution is 5.93. The van der Waals surface area contributed by atoms with Crippen molar-refractivity contribution in [2.24, 2.45) is 5.10 Å². The first-order chi connectivity index (χ1) is 11.2. The zero-order chi connectivity index (χ0) is 16.2. The van der Waals surface area contributed by atoms with E-state index >= 15 is 0 Å². The van der Waals surface area contributed by atoms with Crippen LogP contribution < -0.4 is 10.2 Å². The molecule has 7 nitrogen and oxygen atoms in total. The van der Waals surface area contributed by atoms with Gasteiger partial charge in [-0.05, 0) is 38.0 Å². The van der Waals surface area contributed by atoms with Crippen LogP contribution in [0.15, 0.2) is 29.4 Å². The summed E-state index contributed by atoms with van der Waals surface area (Å²) in [6, 6.07) is 6.82. The summed E-state index contributed by atoms with van der Waals surface area (Å²) in [5, 5.41) is 20.7. The molecule has 1 aliphatic rings. The van der Waals surface area contributed by atoms with E-state index in [9.17, 15) is 9.90 Å². The lowest BCUT2D eigenvalue weighted by Gasteiger charge is -2.06. The highest BCUT2D eigenvalue weighted by atomic mass is 16.5. The minimum atomic E-state index is -0.398. The number of aromatic nitrogens is 2. The summed E-state index contributed by atoms with van der Waals surface area (Å²) >= 11 is 0. The quantitative estimate of drug-likeness (QED) is 0.562. The molecule has 120 valence electrons. The number of H-pyrrole nitrogens is 1. The van der Waals surface area contributed by atoms with Crippen molar-refractivity contribution in [3.8, 4) is 11.5 Å². The van der Waals surface area contributed by atoms with Gasteiger partial charge in [-0.25, -0.2) is 5.43 Å². The maximum absolute atomic E-state index is 12.0. The summed E-state index contributed by atoms with van der Waals surface area (Å²) in [5.41, 5.74) is 4.14. The van der Waals surface area contributed by atoms with Crippen LogP contribution in [0.1, 0.15) is 47.4 Å². The van der Waals surface area contributed by atoms with Crippen LogP contribution >= 0.6 is 0 Å². The minimum Gasteiger partial charge on any atom is -0.504 e. The molecule has 1 heterocycles. The summed E-state index contributed by atoms with van der Waals surface area (Å²) < 4.78 is 5.29. The number of rotatable bonds is 6. The number of nitrogens with zero attached hydrogens (tertiary/aromatic N) is 2. The Morgan fingerprint density at radius 3 is 3.13 bits per heavy atom. The van der Waals surface area contributed by atoms with Gasteiger partial charge in [0.15, 0.2) is 17.2 Å². The predicted molar refractivity (Wildman–Crippen MR) is 84.9 cm³/mol. The van der Waals surface area contributed by atoms with Crippen LogP contribution in [-0.4, -0.2) is 34.0 Å². The van der Waals surface area contributed by atoms with Crippen LogP contribution in [0.5, 0.6) is 11.5 Å². The number of phenolic OH excluding ortho intramolecular Hbond substituents is 1. The Morgan fingerprint density at radius 2 is 2.39 bits per heavy atom. The Kier molecular flexibility index (Phi) is 4.27. The zero-order valence-corrected chi connectivity index (χ0v) is 12.7. The van der Waals surface area contributed by atoms with Crippen molar-refractivity contribution >= 4 is 12.1 Å². The van der Waals surface area contributed by atoms with Crippen molar-refractivity contribution < 1.29 is 14.6 Å². The standard InChI is InChI=1S/C16H18N4O3/c1-2-23-14-5-3-4-11(15(14)21)9-17-20-16(22)13-8-12(18-19-13)10-6-7-10/h3-5,8-10,21H,2,6-7H2,1H3,(H,18,19)(H,20,22)/b17-9+. The lowest BCUT2D eigenvalue weighted by Crippen LogP contribution is -2.18. The second-order valence-corrected chi connectivity index (χ2v) is 5.31. The van der Waals surface area contributed by atoms with E-state index in [0.717, 1.165) is 18.5 Å². The number of amides is 1. The topological polar surface area (TPSA) is 99.6 Å². The van der Waals surface area contributed by atoms with Crippen LogP contribution in [0.4, 0.5) is 0 Å². The third-order valence-corrected chi connectivity index (χ3v) is 3.55. The monoisotopic (exact) mass is 314 g/mol.